The predicted octanol–water partition coefficient (Wildman–Crippen LogP) is 4.14. The molecule has 32 heavy (non-hydrogen) atoms. The molecule has 3 aromatic rings. The van der Waals surface area contributed by atoms with E-state index in [-0.39, 0.29) is 41.1 Å². The smallest absolute Gasteiger partial charge is 0.366 e. The van der Waals surface area contributed by atoms with E-state index in [1.807, 2.05) is 19.9 Å². The molecule has 7 nitrogen and oxygen atoms in total. The van der Waals surface area contributed by atoms with Crippen LogP contribution in [0.3, 0.4) is 0 Å². The predicted molar refractivity (Wildman–Crippen MR) is 114 cm³/mol. The second-order valence-corrected chi connectivity index (χ2v) is 8.34. The van der Waals surface area contributed by atoms with Gasteiger partial charge in [0.15, 0.2) is 11.5 Å². The Morgan fingerprint density at radius 1 is 1.28 bits per heavy atom. The lowest BCUT2D eigenvalue weighted by Crippen LogP contribution is -2.39. The maximum atomic E-state index is 13.9. The van der Waals surface area contributed by atoms with E-state index in [1.165, 1.54) is 0 Å². The Kier molecular flexibility index (Phi) is 6.03. The topological polar surface area (TPSA) is 86.8 Å². The number of likely N-dealkylation sites (tertiary alicyclic amines) is 1. The first-order chi connectivity index (χ1) is 15.2. The number of halogens is 3. The lowest BCUT2D eigenvalue weighted by Gasteiger charge is -2.32. The first-order valence-electron chi connectivity index (χ1n) is 10.6. The lowest BCUT2D eigenvalue weighted by atomic mass is 9.91. The number of H-pyrrole nitrogens is 1. The number of aromatic amines is 1. The second-order valence-electron chi connectivity index (χ2n) is 8.34. The first kappa shape index (κ1) is 22.0. The molecule has 1 amide bonds. The minimum atomic E-state index is -4.54. The number of amides is 1. The highest BCUT2D eigenvalue weighted by Crippen LogP contribution is 2.39. The fourth-order valence-electron chi connectivity index (χ4n) is 4.05. The Morgan fingerprint density at radius 3 is 2.66 bits per heavy atom. The maximum Gasteiger partial charge on any atom is 0.417 e. The van der Waals surface area contributed by atoms with E-state index in [2.05, 4.69) is 25.5 Å². The summed E-state index contributed by atoms with van der Waals surface area (Å²) < 4.78 is 41.6. The zero-order valence-electron chi connectivity index (χ0n) is 17.9. The van der Waals surface area contributed by atoms with Gasteiger partial charge in [-0.2, -0.15) is 18.3 Å². The van der Waals surface area contributed by atoms with Crippen molar-refractivity contribution in [2.45, 2.75) is 51.2 Å². The number of aromatic nitrogens is 4. The van der Waals surface area contributed by atoms with Crippen molar-refractivity contribution in [2.75, 3.05) is 18.4 Å². The molecule has 1 saturated heterocycles. The van der Waals surface area contributed by atoms with Crippen molar-refractivity contribution in [3.05, 3.63) is 47.4 Å². The number of hydrogen-bond acceptors (Lipinski definition) is 5. The Morgan fingerprint density at radius 2 is 2.03 bits per heavy atom. The van der Waals surface area contributed by atoms with Gasteiger partial charge in [0.05, 0.1) is 17.4 Å². The fourth-order valence-corrected chi connectivity index (χ4v) is 4.05. The van der Waals surface area contributed by atoms with Crippen LogP contribution in [0.15, 0.2) is 30.5 Å². The number of nitrogens with zero attached hydrogens (tertiary/aromatic N) is 4. The van der Waals surface area contributed by atoms with Crippen molar-refractivity contribution in [1.29, 1.82) is 0 Å². The highest BCUT2D eigenvalue weighted by molar-refractivity contribution is 5.91. The van der Waals surface area contributed by atoms with Gasteiger partial charge in [0.2, 0.25) is 5.91 Å². The molecule has 2 N–H and O–H groups in total. The lowest BCUT2D eigenvalue weighted by molar-refractivity contribution is -0.136. The molecule has 0 spiro atoms. The van der Waals surface area contributed by atoms with E-state index in [9.17, 15) is 18.0 Å². The molecule has 0 aromatic carbocycles. The van der Waals surface area contributed by atoms with E-state index in [0.29, 0.717) is 37.3 Å². The van der Waals surface area contributed by atoms with E-state index < -0.39 is 11.7 Å². The van der Waals surface area contributed by atoms with Gasteiger partial charge in [-0.15, -0.1) is 0 Å². The van der Waals surface area contributed by atoms with Crippen molar-refractivity contribution < 1.29 is 18.0 Å². The summed E-state index contributed by atoms with van der Waals surface area (Å²) in [4.78, 5) is 23.0. The number of anilines is 1. The van der Waals surface area contributed by atoms with Crippen LogP contribution in [-0.2, 0) is 17.4 Å². The zero-order valence-corrected chi connectivity index (χ0v) is 17.9. The molecule has 4 heterocycles. The number of fused-ring (bicyclic) bond motifs is 1. The average molecular weight is 446 g/mol. The summed E-state index contributed by atoms with van der Waals surface area (Å²) in [5, 5.41) is 9.56. The molecule has 3 aromatic heterocycles. The van der Waals surface area contributed by atoms with E-state index in [1.54, 1.807) is 23.2 Å². The molecule has 10 heteroatoms. The summed E-state index contributed by atoms with van der Waals surface area (Å²) in [7, 11) is 0. The summed E-state index contributed by atoms with van der Waals surface area (Å²) in [6.07, 6.45) is -1.57. The van der Waals surface area contributed by atoms with Gasteiger partial charge in [-0.25, -0.2) is 4.98 Å². The van der Waals surface area contributed by atoms with Crippen LogP contribution in [0.2, 0.25) is 0 Å². The van der Waals surface area contributed by atoms with Crippen LogP contribution >= 0.6 is 0 Å². The number of carbonyl (C=O) groups excluding carboxylic acids is 1. The normalized spacial score (nSPS) is 15.5. The summed E-state index contributed by atoms with van der Waals surface area (Å²) in [5.41, 5.74) is 0.447. The van der Waals surface area contributed by atoms with Crippen LogP contribution in [0.25, 0.3) is 11.0 Å². The third-order valence-corrected chi connectivity index (χ3v) is 5.60. The molecular formula is C22H25F3N6O. The second kappa shape index (κ2) is 8.76. The average Bonchev–Trinajstić information content (AvgIpc) is 3.15. The van der Waals surface area contributed by atoms with Gasteiger partial charge in [0.1, 0.15) is 0 Å². The molecule has 0 aliphatic carbocycles. The molecule has 0 radical (unpaired) electrons. The Balaban J connectivity index is 1.52. The summed E-state index contributed by atoms with van der Waals surface area (Å²) in [6, 6.07) is 6.49. The van der Waals surface area contributed by atoms with Crippen molar-refractivity contribution in [1.82, 2.24) is 25.1 Å². The van der Waals surface area contributed by atoms with Gasteiger partial charge >= 0.3 is 6.18 Å². The SMILES string of the molecule is CC(C)Nc1n[nH]c2nc(C3CCN(C(=O)Cc4ccccn4)CC3)cc(C(F)(F)F)c12. The highest BCUT2D eigenvalue weighted by atomic mass is 19.4. The molecule has 0 atom stereocenters. The van der Waals surface area contributed by atoms with Crippen LogP contribution in [0.5, 0.6) is 0 Å². The highest BCUT2D eigenvalue weighted by Gasteiger charge is 2.37. The summed E-state index contributed by atoms with van der Waals surface area (Å²) >= 11 is 0. The van der Waals surface area contributed by atoms with Gasteiger partial charge in [-0.3, -0.25) is 14.9 Å². The quantitative estimate of drug-likeness (QED) is 0.615. The number of rotatable bonds is 5. The molecule has 1 fully saturated rings. The van der Waals surface area contributed by atoms with Gasteiger partial charge in [-0.05, 0) is 44.9 Å². The van der Waals surface area contributed by atoms with Crippen LogP contribution < -0.4 is 5.32 Å². The Bertz CT molecular complexity index is 1090. The third kappa shape index (κ3) is 4.68. The number of alkyl halides is 3. The van der Waals surface area contributed by atoms with Crippen molar-refractivity contribution in [2.24, 2.45) is 0 Å². The molecule has 0 saturated carbocycles. The van der Waals surface area contributed by atoms with E-state index in [4.69, 9.17) is 0 Å². The minimum absolute atomic E-state index is 0.0282. The fraction of sp³-hybridized carbons (Fsp3) is 0.455. The van der Waals surface area contributed by atoms with Crippen molar-refractivity contribution >= 4 is 22.8 Å². The molecule has 4 rings (SSSR count). The number of pyridine rings is 2. The van der Waals surface area contributed by atoms with E-state index >= 15 is 0 Å². The molecule has 0 bridgehead atoms. The van der Waals surface area contributed by atoms with Crippen LogP contribution in [0.4, 0.5) is 19.0 Å². The Labute approximate surface area is 183 Å². The third-order valence-electron chi connectivity index (χ3n) is 5.60. The molecule has 170 valence electrons. The summed E-state index contributed by atoms with van der Waals surface area (Å²) in [5.74, 6) is -0.0416. The number of carbonyl (C=O) groups is 1. The standard InChI is InChI=1S/C22H25F3N6O/c1-13(2)27-20-19-16(22(23,24)25)12-17(28-21(19)30-29-20)14-6-9-31(10-7-14)18(32)11-15-5-3-4-8-26-15/h3-5,8,12-14H,6-7,9-11H2,1-2H3,(H2,27,28,29,30). The number of nitrogens with one attached hydrogen (secondary N) is 2. The van der Waals surface area contributed by atoms with E-state index in [0.717, 1.165) is 6.07 Å². The largest absolute Gasteiger partial charge is 0.417 e. The van der Waals surface area contributed by atoms with Crippen LogP contribution in [0, 0.1) is 0 Å². The van der Waals surface area contributed by atoms with Gasteiger partial charge in [0.25, 0.3) is 0 Å². The van der Waals surface area contributed by atoms with Crippen molar-refractivity contribution in [3.8, 4) is 0 Å². The monoisotopic (exact) mass is 446 g/mol. The van der Waals surface area contributed by atoms with Crippen molar-refractivity contribution in [3.63, 3.8) is 0 Å². The zero-order chi connectivity index (χ0) is 22.9. The maximum absolute atomic E-state index is 13.9. The Hall–Kier alpha value is -3.17. The molecule has 1 aliphatic heterocycles. The number of piperidine rings is 1. The molecule has 1 aliphatic rings. The van der Waals surface area contributed by atoms with Gasteiger partial charge in [-0.1, -0.05) is 6.07 Å². The minimum Gasteiger partial charge on any atom is -0.366 e. The number of hydrogen-bond donors (Lipinski definition) is 2. The molecule has 0 unspecified atom stereocenters. The summed E-state index contributed by atoms with van der Waals surface area (Å²) in [6.45, 7) is 4.61. The first-order valence-corrected chi connectivity index (χ1v) is 10.6. The van der Waals surface area contributed by atoms with Gasteiger partial charge < -0.3 is 10.2 Å². The van der Waals surface area contributed by atoms with Gasteiger partial charge in [0, 0.05) is 42.6 Å². The van der Waals surface area contributed by atoms with Crippen LogP contribution in [0.1, 0.15) is 49.6 Å². The van der Waals surface area contributed by atoms with Crippen LogP contribution in [-0.4, -0.2) is 50.1 Å². The molecular weight excluding hydrogens is 421 g/mol.